The first kappa shape index (κ1) is 20.6. The van der Waals surface area contributed by atoms with Gasteiger partial charge in [0.1, 0.15) is 6.61 Å². The van der Waals surface area contributed by atoms with Crippen LogP contribution in [0.25, 0.3) is 0 Å². The second-order valence-electron chi connectivity index (χ2n) is 6.40. The molecule has 0 saturated heterocycles. The third kappa shape index (κ3) is 4.93. The van der Waals surface area contributed by atoms with E-state index in [1.54, 1.807) is 60.7 Å². The van der Waals surface area contributed by atoms with Gasteiger partial charge in [0.05, 0.1) is 0 Å². The van der Waals surface area contributed by atoms with Crippen molar-refractivity contribution in [3.8, 4) is 0 Å². The van der Waals surface area contributed by atoms with Gasteiger partial charge in [-0.2, -0.15) is 8.78 Å². The molecule has 0 saturated carbocycles. The largest absolute Gasteiger partial charge is 0.407 e. The Morgan fingerprint density at radius 2 is 1.31 bits per heavy atom. The highest BCUT2D eigenvalue weighted by atomic mass is 28.4. The Morgan fingerprint density at radius 1 is 0.846 bits per heavy atom. The van der Waals surface area contributed by atoms with Crippen LogP contribution < -0.4 is 10.4 Å². The van der Waals surface area contributed by atoms with E-state index >= 15 is 0 Å². The summed E-state index contributed by atoms with van der Waals surface area (Å²) in [6, 6.07) is 17.4. The Balaban J connectivity index is 2.49. The van der Waals surface area contributed by atoms with Crippen LogP contribution in [0.2, 0.25) is 0 Å². The van der Waals surface area contributed by atoms with Gasteiger partial charge in [-0.25, -0.2) is 8.78 Å². The molecule has 2 aromatic carbocycles. The molecule has 142 valence electrons. The molecular formula is C19H22F4O2Si. The maximum absolute atomic E-state index is 13.6. The Morgan fingerprint density at radius 3 is 1.69 bits per heavy atom. The van der Waals surface area contributed by atoms with Gasteiger partial charge in [-0.15, -0.1) is 0 Å². The van der Waals surface area contributed by atoms with Crippen molar-refractivity contribution in [2.45, 2.75) is 26.2 Å². The molecule has 0 unspecified atom stereocenters. The summed E-state index contributed by atoms with van der Waals surface area (Å²) in [5.41, 5.74) is 0. The number of benzene rings is 2. The zero-order valence-electron chi connectivity index (χ0n) is 14.7. The molecule has 2 aromatic rings. The molecule has 0 amide bonds. The highest BCUT2D eigenvalue weighted by Crippen LogP contribution is 2.25. The summed E-state index contributed by atoms with van der Waals surface area (Å²) in [6.45, 7) is 2.70. The maximum Gasteiger partial charge on any atom is 0.407 e. The Labute approximate surface area is 152 Å². The van der Waals surface area contributed by atoms with Crippen molar-refractivity contribution in [3.05, 3.63) is 60.7 Å². The topological polar surface area (TPSA) is 18.5 Å². The van der Waals surface area contributed by atoms with Crippen molar-refractivity contribution in [3.63, 3.8) is 0 Å². The summed E-state index contributed by atoms with van der Waals surface area (Å²) in [4.78, 5) is 0. The zero-order valence-corrected chi connectivity index (χ0v) is 15.7. The maximum atomic E-state index is 13.6. The van der Waals surface area contributed by atoms with Crippen LogP contribution >= 0.6 is 0 Å². The highest BCUT2D eigenvalue weighted by Gasteiger charge is 2.49. The van der Waals surface area contributed by atoms with Crippen LogP contribution in [0.1, 0.15) is 13.8 Å². The van der Waals surface area contributed by atoms with Crippen molar-refractivity contribution < 1.29 is 26.4 Å². The van der Waals surface area contributed by atoms with E-state index < -0.39 is 27.5 Å². The van der Waals surface area contributed by atoms with E-state index in [1.165, 1.54) is 0 Å². The second kappa shape index (κ2) is 8.79. The van der Waals surface area contributed by atoms with Crippen molar-refractivity contribution in [2.75, 3.05) is 13.2 Å². The molecule has 0 N–H and O–H groups in total. The van der Waals surface area contributed by atoms with Crippen molar-refractivity contribution in [1.29, 1.82) is 0 Å². The lowest BCUT2D eigenvalue weighted by molar-refractivity contribution is -0.152. The van der Waals surface area contributed by atoms with Crippen LogP contribution in [0.3, 0.4) is 0 Å². The molecule has 0 spiro atoms. The smallest absolute Gasteiger partial charge is 0.387 e. The van der Waals surface area contributed by atoms with Crippen LogP contribution in [0.5, 0.6) is 0 Å². The van der Waals surface area contributed by atoms with Crippen LogP contribution in [0, 0.1) is 5.92 Å². The van der Waals surface area contributed by atoms with E-state index in [1.807, 2.05) is 13.8 Å². The third-order valence-electron chi connectivity index (χ3n) is 3.71. The summed E-state index contributed by atoms with van der Waals surface area (Å²) < 4.78 is 64.1. The van der Waals surface area contributed by atoms with Gasteiger partial charge in [0, 0.05) is 6.61 Å². The first-order chi connectivity index (χ1) is 12.3. The number of hydrogen-bond acceptors (Lipinski definition) is 2. The van der Waals surface area contributed by atoms with Gasteiger partial charge in [-0.1, -0.05) is 74.5 Å². The van der Waals surface area contributed by atoms with E-state index in [0.29, 0.717) is 10.4 Å². The molecule has 0 aliphatic heterocycles. The van der Waals surface area contributed by atoms with E-state index in [2.05, 4.69) is 0 Å². The van der Waals surface area contributed by atoms with E-state index in [0.717, 1.165) is 0 Å². The molecule has 2 nitrogen and oxygen atoms in total. The van der Waals surface area contributed by atoms with E-state index in [9.17, 15) is 17.6 Å². The van der Waals surface area contributed by atoms with Crippen molar-refractivity contribution in [1.82, 2.24) is 0 Å². The predicted molar refractivity (Wildman–Crippen MR) is 95.6 cm³/mol. The average Bonchev–Trinajstić information content (AvgIpc) is 2.63. The Hall–Kier alpha value is -1.70. The van der Waals surface area contributed by atoms with Gasteiger partial charge in [0.15, 0.2) is 0 Å². The van der Waals surface area contributed by atoms with Gasteiger partial charge in [-0.05, 0) is 16.3 Å². The Bertz CT molecular complexity index is 626. The highest BCUT2D eigenvalue weighted by molar-refractivity contribution is 6.92. The molecule has 0 atom stereocenters. The van der Waals surface area contributed by atoms with Gasteiger partial charge in [0.25, 0.3) is 0 Å². The summed E-state index contributed by atoms with van der Waals surface area (Å²) in [6.07, 6.45) is -3.80. The fraction of sp³-hybridized carbons (Fsp3) is 0.368. The zero-order chi connectivity index (χ0) is 19.2. The number of alkyl halides is 4. The second-order valence-corrected chi connectivity index (χ2v) is 9.37. The van der Waals surface area contributed by atoms with Crippen molar-refractivity contribution in [2.24, 2.45) is 5.92 Å². The molecule has 7 heteroatoms. The molecule has 0 fully saturated rings. The van der Waals surface area contributed by atoms with Crippen LogP contribution in [0.4, 0.5) is 17.6 Å². The molecule has 0 bridgehead atoms. The molecule has 0 aromatic heterocycles. The monoisotopic (exact) mass is 386 g/mol. The number of hydrogen-bond donors (Lipinski definition) is 0. The first-order valence-corrected chi connectivity index (χ1v) is 10.1. The Kier molecular flexibility index (Phi) is 6.97. The van der Waals surface area contributed by atoms with Crippen LogP contribution in [-0.2, 0) is 8.85 Å². The number of rotatable bonds is 9. The summed E-state index contributed by atoms with van der Waals surface area (Å²) in [7, 11) is -3.58. The van der Waals surface area contributed by atoms with Gasteiger partial charge in [0.2, 0.25) is 0 Å². The minimum Gasteiger partial charge on any atom is -0.387 e. The van der Waals surface area contributed by atoms with Gasteiger partial charge < -0.3 is 8.85 Å². The first-order valence-electron chi connectivity index (χ1n) is 8.33. The molecule has 0 heterocycles. The third-order valence-corrected chi connectivity index (χ3v) is 7.03. The minimum absolute atomic E-state index is 0.119. The fourth-order valence-electron chi connectivity index (χ4n) is 2.40. The molecule has 0 aliphatic rings. The molecule has 26 heavy (non-hydrogen) atoms. The fourth-order valence-corrected chi connectivity index (χ4v) is 5.71. The van der Waals surface area contributed by atoms with Crippen LogP contribution in [-0.4, -0.2) is 34.1 Å². The van der Waals surface area contributed by atoms with Crippen LogP contribution in [0.15, 0.2) is 60.7 Å². The molecule has 0 radical (unpaired) electrons. The standard InChI is InChI=1S/C19H22F4O2Si/c1-15(2)13-24-26(16-9-5-3-6-10-16,17-11-7-4-8-12-17)25-14-19(22,23)18(20)21/h3-12,15,18H,13-14H2,1-2H3. The minimum atomic E-state index is -4.25. The van der Waals surface area contributed by atoms with Gasteiger partial charge in [-0.3, -0.25) is 0 Å². The lowest BCUT2D eigenvalue weighted by Crippen LogP contribution is -2.65. The normalized spacial score (nSPS) is 12.8. The quantitative estimate of drug-likeness (QED) is 0.482. The van der Waals surface area contributed by atoms with Gasteiger partial charge >= 0.3 is 20.9 Å². The number of halogens is 4. The molecule has 0 aliphatic carbocycles. The predicted octanol–water partition coefficient (Wildman–Crippen LogP) is 3.83. The summed E-state index contributed by atoms with van der Waals surface area (Å²) >= 11 is 0. The molecular weight excluding hydrogens is 364 g/mol. The van der Waals surface area contributed by atoms with E-state index in [4.69, 9.17) is 8.85 Å². The van der Waals surface area contributed by atoms with Crippen molar-refractivity contribution >= 4 is 18.9 Å². The molecule has 2 rings (SSSR count). The summed E-state index contributed by atoms with van der Waals surface area (Å²) in [5, 5.41) is 1.19. The SMILES string of the molecule is CC(C)CO[Si](OCC(F)(F)C(F)F)(c1ccccc1)c1ccccc1. The summed E-state index contributed by atoms with van der Waals surface area (Å²) in [5.74, 6) is -4.13. The lowest BCUT2D eigenvalue weighted by atomic mass is 10.2. The lowest BCUT2D eigenvalue weighted by Gasteiger charge is -2.33. The van der Waals surface area contributed by atoms with E-state index in [-0.39, 0.29) is 12.5 Å². The average molecular weight is 386 g/mol.